The summed E-state index contributed by atoms with van der Waals surface area (Å²) in [6.07, 6.45) is 0. The van der Waals surface area contributed by atoms with Crippen molar-refractivity contribution < 1.29 is 0 Å². The lowest BCUT2D eigenvalue weighted by atomic mass is 9.66. The summed E-state index contributed by atoms with van der Waals surface area (Å²) in [6, 6.07) is 81.8. The lowest BCUT2D eigenvalue weighted by Gasteiger charge is -2.35. The van der Waals surface area contributed by atoms with Gasteiger partial charge in [0, 0.05) is 32.9 Å². The van der Waals surface area contributed by atoms with Crippen LogP contribution in [0.2, 0.25) is 0 Å². The molecule has 0 aliphatic heterocycles. The molecule has 0 saturated heterocycles. The summed E-state index contributed by atoms with van der Waals surface area (Å²) in [6.45, 7) is 9.03. The summed E-state index contributed by atoms with van der Waals surface area (Å²) >= 11 is 0. The minimum atomic E-state index is -0.518. The van der Waals surface area contributed by atoms with Crippen molar-refractivity contribution in [3.8, 4) is 44.8 Å². The van der Waals surface area contributed by atoms with Crippen molar-refractivity contribution in [2.75, 3.05) is 0 Å². The zero-order valence-corrected chi connectivity index (χ0v) is 38.2. The average molecular weight is 857 g/mol. The molecule has 0 bridgehead atoms. The smallest absolute Gasteiger partial charge is 0.0713 e. The van der Waals surface area contributed by atoms with Crippen molar-refractivity contribution in [1.82, 2.24) is 9.13 Å². The Balaban J connectivity index is 0.923. The van der Waals surface area contributed by atoms with E-state index in [2.05, 4.69) is 255 Å². The van der Waals surface area contributed by atoms with Gasteiger partial charge in [-0.05, 0) is 143 Å². The molecule has 0 radical (unpaired) electrons. The van der Waals surface area contributed by atoms with Gasteiger partial charge in [0.15, 0.2) is 0 Å². The minimum Gasteiger partial charge on any atom is -0.309 e. The van der Waals surface area contributed by atoms with Crippen LogP contribution in [-0.2, 0) is 5.41 Å². The molecule has 0 unspecified atom stereocenters. The topological polar surface area (TPSA) is 9.86 Å². The molecule has 0 saturated carbocycles. The number of aryl methyl sites for hydroxylation is 4. The molecule has 1 aliphatic rings. The molecule has 0 amide bonds. The van der Waals surface area contributed by atoms with E-state index >= 15 is 0 Å². The van der Waals surface area contributed by atoms with Crippen LogP contribution in [-0.4, -0.2) is 9.13 Å². The summed E-state index contributed by atoms with van der Waals surface area (Å²) in [5, 5.41) is 5.10. The van der Waals surface area contributed by atoms with Gasteiger partial charge in [-0.2, -0.15) is 0 Å². The number of hydrogen-bond donors (Lipinski definition) is 0. The van der Waals surface area contributed by atoms with E-state index in [9.17, 15) is 0 Å². The first-order valence-electron chi connectivity index (χ1n) is 23.5. The van der Waals surface area contributed by atoms with Crippen LogP contribution in [0.3, 0.4) is 0 Å². The minimum absolute atomic E-state index is 0.518. The molecule has 2 heteroatoms. The Morgan fingerprint density at radius 3 is 0.970 bits per heavy atom. The van der Waals surface area contributed by atoms with Gasteiger partial charge in [0.1, 0.15) is 0 Å². The Kier molecular flexibility index (Phi) is 8.73. The lowest BCUT2D eigenvalue weighted by Crippen LogP contribution is -2.29. The Morgan fingerprint density at radius 2 is 0.627 bits per heavy atom. The second-order valence-electron chi connectivity index (χ2n) is 18.7. The molecule has 0 spiro atoms. The van der Waals surface area contributed by atoms with E-state index in [4.69, 9.17) is 0 Å². The lowest BCUT2D eigenvalue weighted by molar-refractivity contribution is 0.764. The van der Waals surface area contributed by atoms with Gasteiger partial charge >= 0.3 is 0 Å². The number of hydrogen-bond acceptors (Lipinski definition) is 0. The highest BCUT2D eigenvalue weighted by atomic mass is 15.0. The number of benzene rings is 10. The number of fused-ring (bicyclic) bond motifs is 9. The molecule has 2 nitrogen and oxygen atoms in total. The molecule has 12 aromatic rings. The van der Waals surface area contributed by atoms with Crippen molar-refractivity contribution in [3.05, 3.63) is 263 Å². The molecular weight excluding hydrogens is 809 g/mol. The van der Waals surface area contributed by atoms with E-state index in [-0.39, 0.29) is 0 Å². The van der Waals surface area contributed by atoms with Crippen molar-refractivity contribution >= 4 is 43.6 Å². The first-order chi connectivity index (χ1) is 32.9. The largest absolute Gasteiger partial charge is 0.309 e. The molecule has 0 N–H and O–H groups in total. The third kappa shape index (κ3) is 5.82. The number of nitrogens with zero attached hydrogens (tertiary/aromatic N) is 2. The van der Waals surface area contributed by atoms with E-state index in [1.807, 2.05) is 0 Å². The van der Waals surface area contributed by atoms with E-state index in [0.717, 1.165) is 11.4 Å². The zero-order chi connectivity index (χ0) is 45.0. The maximum Gasteiger partial charge on any atom is 0.0713 e. The Morgan fingerprint density at radius 1 is 0.299 bits per heavy atom. The Bertz CT molecular complexity index is 3580. The molecule has 13 rings (SSSR count). The van der Waals surface area contributed by atoms with Crippen molar-refractivity contribution in [3.63, 3.8) is 0 Å². The predicted molar refractivity (Wildman–Crippen MR) is 282 cm³/mol. The first kappa shape index (κ1) is 39.2. The molecule has 2 heterocycles. The van der Waals surface area contributed by atoms with E-state index < -0.39 is 5.41 Å². The summed E-state index contributed by atoms with van der Waals surface area (Å²) in [5.41, 5.74) is 24.6. The van der Waals surface area contributed by atoms with Gasteiger partial charge in [0.25, 0.3) is 0 Å². The van der Waals surface area contributed by atoms with E-state index in [0.29, 0.717) is 0 Å². The SMILES string of the molecule is Cc1ccc2c(c1)C(c1ccc(-c3ccc(-n4c5ccccc5c5ccccc54)cc3)c(C)c1)(c1ccc(-c3ccc(-n4c5ccccc5c5ccccc54)cc3)c(C)c1)c1cc(C)ccc1-2. The highest BCUT2D eigenvalue weighted by Gasteiger charge is 2.46. The predicted octanol–water partition coefficient (Wildman–Crippen LogP) is 16.8. The zero-order valence-electron chi connectivity index (χ0n) is 38.2. The van der Waals surface area contributed by atoms with Crippen LogP contribution in [0.25, 0.3) is 88.4 Å². The van der Waals surface area contributed by atoms with Gasteiger partial charge in [0.2, 0.25) is 0 Å². The standard InChI is InChI=1S/C65H48N2/c1-41-21-33-53-54-34-22-42(2)38-60(54)65(59(53)37-41,47-27-35-51(43(3)39-47)45-23-29-49(30-24-45)66-61-17-9-5-13-55(61)56-14-6-10-18-62(56)66)48-28-36-52(44(4)40-48)46-25-31-50(32-26-46)67-63-19-11-7-15-57(63)58-16-8-12-20-64(58)67/h5-40H,1-4H3. The second kappa shape index (κ2) is 14.9. The van der Waals surface area contributed by atoms with Gasteiger partial charge in [-0.3, -0.25) is 0 Å². The summed E-state index contributed by atoms with van der Waals surface area (Å²) in [5.74, 6) is 0. The Labute approximate surface area is 391 Å². The molecule has 0 atom stereocenters. The fraction of sp³-hybridized carbons (Fsp3) is 0.0769. The molecule has 1 aliphatic carbocycles. The van der Waals surface area contributed by atoms with Crippen LogP contribution in [0.4, 0.5) is 0 Å². The number of rotatable bonds is 6. The maximum absolute atomic E-state index is 2.47. The van der Waals surface area contributed by atoms with Gasteiger partial charge in [-0.25, -0.2) is 0 Å². The third-order valence-electron chi connectivity index (χ3n) is 14.8. The molecule has 67 heavy (non-hydrogen) atoms. The molecule has 2 aromatic heterocycles. The number of para-hydroxylation sites is 4. The Hall–Kier alpha value is -8.20. The highest BCUT2D eigenvalue weighted by Crippen LogP contribution is 2.57. The van der Waals surface area contributed by atoms with Gasteiger partial charge in [0.05, 0.1) is 27.5 Å². The molecule has 318 valence electrons. The summed E-state index contributed by atoms with van der Waals surface area (Å²) < 4.78 is 4.78. The van der Waals surface area contributed by atoms with Crippen molar-refractivity contribution in [2.24, 2.45) is 0 Å². The monoisotopic (exact) mass is 856 g/mol. The van der Waals surface area contributed by atoms with Crippen LogP contribution in [0, 0.1) is 27.7 Å². The normalized spacial score (nSPS) is 12.9. The van der Waals surface area contributed by atoms with Crippen LogP contribution in [0.15, 0.2) is 218 Å². The van der Waals surface area contributed by atoms with Gasteiger partial charge < -0.3 is 9.13 Å². The maximum atomic E-state index is 2.47. The van der Waals surface area contributed by atoms with Crippen LogP contribution >= 0.6 is 0 Å². The van der Waals surface area contributed by atoms with Gasteiger partial charge in [-0.15, -0.1) is 0 Å². The summed E-state index contributed by atoms with van der Waals surface area (Å²) in [7, 11) is 0. The van der Waals surface area contributed by atoms with E-state index in [1.54, 1.807) is 0 Å². The fourth-order valence-electron chi connectivity index (χ4n) is 11.8. The van der Waals surface area contributed by atoms with Crippen LogP contribution < -0.4 is 0 Å². The summed E-state index contributed by atoms with van der Waals surface area (Å²) in [4.78, 5) is 0. The third-order valence-corrected chi connectivity index (χ3v) is 14.8. The molecule has 10 aromatic carbocycles. The molecule has 0 fully saturated rings. The van der Waals surface area contributed by atoms with Crippen LogP contribution in [0.5, 0.6) is 0 Å². The van der Waals surface area contributed by atoms with Crippen LogP contribution in [0.1, 0.15) is 44.5 Å². The van der Waals surface area contributed by atoms with Crippen molar-refractivity contribution in [1.29, 1.82) is 0 Å². The second-order valence-corrected chi connectivity index (χ2v) is 18.7. The number of aromatic nitrogens is 2. The quantitative estimate of drug-likeness (QED) is 0.158. The highest BCUT2D eigenvalue weighted by molar-refractivity contribution is 6.10. The van der Waals surface area contributed by atoms with Gasteiger partial charge in [-0.1, -0.05) is 181 Å². The molecular formula is C65H48N2. The first-order valence-corrected chi connectivity index (χ1v) is 23.5. The fourth-order valence-corrected chi connectivity index (χ4v) is 11.8. The van der Waals surface area contributed by atoms with E-state index in [1.165, 1.54) is 122 Å². The van der Waals surface area contributed by atoms with Crippen molar-refractivity contribution in [2.45, 2.75) is 33.1 Å². The average Bonchev–Trinajstić information content (AvgIpc) is 3.98.